The molecule has 132 valence electrons. The Hall–Kier alpha value is -1.14. The van der Waals surface area contributed by atoms with Crippen LogP contribution in [0, 0.1) is 30.6 Å². The Balaban J connectivity index is 1.47. The molecule has 0 aliphatic heterocycles. The number of aromatic nitrogens is 1. The average molecular weight is 350 g/mol. The van der Waals surface area contributed by atoms with Crippen molar-refractivity contribution in [2.75, 3.05) is 13.7 Å². The van der Waals surface area contributed by atoms with Gasteiger partial charge in [-0.25, -0.2) is 4.79 Å². The number of nitrogens with zero attached hydrogens (tertiary/aromatic N) is 2. The molecule has 4 bridgehead atoms. The number of thiazole rings is 1. The quantitative estimate of drug-likeness (QED) is 0.909. The molecule has 6 heteroatoms. The summed E-state index contributed by atoms with van der Waals surface area (Å²) in [6.07, 6.45) is 8.71. The standard InChI is InChI=1S/C18H27N3O2S/c1-11-10-21(3-4-23-2)18(24-11)20-17(22)19-16-14-6-12-5-13(8-14)9-15(16)7-12/h10,12-16H,3-9H2,1-2H3,(H,19,22)/b20-18-. The smallest absolute Gasteiger partial charge is 0.343 e. The van der Waals surface area contributed by atoms with Gasteiger partial charge < -0.3 is 14.6 Å². The second-order valence-corrected chi connectivity index (χ2v) is 9.04. The molecule has 1 aromatic rings. The predicted molar refractivity (Wildman–Crippen MR) is 93.8 cm³/mol. The Kier molecular flexibility index (Phi) is 4.52. The van der Waals surface area contributed by atoms with E-state index in [0.29, 0.717) is 24.5 Å². The maximum absolute atomic E-state index is 12.5. The topological polar surface area (TPSA) is 55.6 Å². The summed E-state index contributed by atoms with van der Waals surface area (Å²) in [7, 11) is 1.69. The van der Waals surface area contributed by atoms with Gasteiger partial charge in [-0.15, -0.1) is 11.3 Å². The molecule has 4 aliphatic rings. The van der Waals surface area contributed by atoms with Crippen LogP contribution in [0.3, 0.4) is 0 Å². The molecule has 1 heterocycles. The van der Waals surface area contributed by atoms with Gasteiger partial charge >= 0.3 is 6.03 Å². The van der Waals surface area contributed by atoms with E-state index < -0.39 is 0 Å². The van der Waals surface area contributed by atoms with E-state index in [4.69, 9.17) is 4.74 Å². The largest absolute Gasteiger partial charge is 0.383 e. The fourth-order valence-corrected chi connectivity index (χ4v) is 6.22. The fraction of sp³-hybridized carbons (Fsp3) is 0.778. The van der Waals surface area contributed by atoms with Crippen LogP contribution >= 0.6 is 11.3 Å². The lowest BCUT2D eigenvalue weighted by atomic mass is 9.54. The van der Waals surface area contributed by atoms with Crippen molar-refractivity contribution < 1.29 is 9.53 Å². The first-order chi connectivity index (χ1) is 11.6. The third kappa shape index (κ3) is 3.18. The summed E-state index contributed by atoms with van der Waals surface area (Å²) in [6.45, 7) is 3.40. The van der Waals surface area contributed by atoms with Crippen molar-refractivity contribution in [2.24, 2.45) is 28.7 Å². The average Bonchev–Trinajstić information content (AvgIpc) is 2.87. The van der Waals surface area contributed by atoms with Crippen LogP contribution in [0.2, 0.25) is 0 Å². The summed E-state index contributed by atoms with van der Waals surface area (Å²) >= 11 is 1.56. The summed E-state index contributed by atoms with van der Waals surface area (Å²) in [5.41, 5.74) is 0. The first-order valence-electron chi connectivity index (χ1n) is 9.13. The zero-order chi connectivity index (χ0) is 16.7. The number of nitrogens with one attached hydrogen (secondary N) is 1. The maximum atomic E-state index is 12.5. The Labute approximate surface area is 147 Å². The minimum atomic E-state index is -0.166. The number of aryl methyl sites for hydroxylation is 1. The normalized spacial score (nSPS) is 34.8. The van der Waals surface area contributed by atoms with Gasteiger partial charge in [0.2, 0.25) is 0 Å². The van der Waals surface area contributed by atoms with Gasteiger partial charge in [0.15, 0.2) is 4.80 Å². The van der Waals surface area contributed by atoms with Crippen molar-refractivity contribution in [1.82, 2.24) is 9.88 Å². The van der Waals surface area contributed by atoms with Gasteiger partial charge in [-0.05, 0) is 62.7 Å². The highest BCUT2D eigenvalue weighted by Gasteiger charge is 2.48. The Morgan fingerprint density at radius 2 is 1.96 bits per heavy atom. The van der Waals surface area contributed by atoms with E-state index in [1.807, 2.05) is 17.7 Å². The maximum Gasteiger partial charge on any atom is 0.343 e. The van der Waals surface area contributed by atoms with Crippen molar-refractivity contribution in [3.63, 3.8) is 0 Å². The van der Waals surface area contributed by atoms with Crippen LogP contribution in [0.4, 0.5) is 4.79 Å². The number of rotatable bonds is 4. The molecule has 0 spiro atoms. The van der Waals surface area contributed by atoms with Crippen molar-refractivity contribution in [3.8, 4) is 0 Å². The lowest BCUT2D eigenvalue weighted by Crippen LogP contribution is -2.55. The van der Waals surface area contributed by atoms with Gasteiger partial charge in [0, 0.05) is 30.8 Å². The molecule has 0 atom stereocenters. The van der Waals surface area contributed by atoms with Crippen molar-refractivity contribution in [1.29, 1.82) is 0 Å². The van der Waals surface area contributed by atoms with E-state index in [-0.39, 0.29) is 6.03 Å². The zero-order valence-electron chi connectivity index (χ0n) is 14.5. The second kappa shape index (κ2) is 6.64. The van der Waals surface area contributed by atoms with Gasteiger partial charge in [-0.1, -0.05) is 0 Å². The molecule has 4 aliphatic carbocycles. The highest BCUT2D eigenvalue weighted by Crippen LogP contribution is 2.53. The van der Waals surface area contributed by atoms with Gasteiger partial charge in [-0.3, -0.25) is 0 Å². The van der Waals surface area contributed by atoms with E-state index in [0.717, 1.165) is 28.1 Å². The molecule has 4 saturated carbocycles. The summed E-state index contributed by atoms with van der Waals surface area (Å²) < 4.78 is 7.16. The highest BCUT2D eigenvalue weighted by molar-refractivity contribution is 7.09. The van der Waals surface area contributed by atoms with Crippen LogP contribution in [0.25, 0.3) is 0 Å². The number of carbonyl (C=O) groups excluding carboxylic acids is 1. The minimum absolute atomic E-state index is 0.166. The second-order valence-electron chi connectivity index (χ2n) is 7.83. The summed E-state index contributed by atoms with van der Waals surface area (Å²) in [5.74, 6) is 3.22. The molecule has 2 amide bonds. The van der Waals surface area contributed by atoms with Gasteiger partial charge in [-0.2, -0.15) is 4.99 Å². The molecule has 0 radical (unpaired) electrons. The number of amides is 2. The molecule has 1 N–H and O–H groups in total. The zero-order valence-corrected chi connectivity index (χ0v) is 15.3. The Bertz CT molecular complexity index is 650. The molecule has 0 aromatic carbocycles. The van der Waals surface area contributed by atoms with E-state index in [9.17, 15) is 4.79 Å². The Morgan fingerprint density at radius 3 is 2.58 bits per heavy atom. The third-order valence-corrected chi connectivity index (χ3v) is 7.02. The fourth-order valence-electron chi connectivity index (χ4n) is 5.36. The predicted octanol–water partition coefficient (Wildman–Crippen LogP) is 2.94. The highest BCUT2D eigenvalue weighted by atomic mass is 32.1. The van der Waals surface area contributed by atoms with Crippen LogP contribution in [0.5, 0.6) is 0 Å². The van der Waals surface area contributed by atoms with E-state index in [1.165, 1.54) is 32.1 Å². The number of urea groups is 1. The van der Waals surface area contributed by atoms with Crippen LogP contribution in [0.1, 0.15) is 37.0 Å². The molecule has 4 fully saturated rings. The lowest BCUT2D eigenvalue weighted by Gasteiger charge is -2.54. The van der Waals surface area contributed by atoms with Crippen LogP contribution < -0.4 is 10.1 Å². The third-order valence-electron chi connectivity index (χ3n) is 6.09. The van der Waals surface area contributed by atoms with E-state index >= 15 is 0 Å². The molecule has 24 heavy (non-hydrogen) atoms. The van der Waals surface area contributed by atoms with E-state index in [1.54, 1.807) is 18.4 Å². The van der Waals surface area contributed by atoms with Gasteiger partial charge in [0.1, 0.15) is 0 Å². The first kappa shape index (κ1) is 16.3. The van der Waals surface area contributed by atoms with Crippen LogP contribution in [-0.2, 0) is 11.3 Å². The van der Waals surface area contributed by atoms with Gasteiger partial charge in [0.05, 0.1) is 6.61 Å². The number of hydrogen-bond acceptors (Lipinski definition) is 3. The molecule has 0 saturated heterocycles. The number of carbonyl (C=O) groups is 1. The molecule has 5 rings (SSSR count). The summed E-state index contributed by atoms with van der Waals surface area (Å²) in [6, 6.07) is 0.183. The van der Waals surface area contributed by atoms with Crippen molar-refractivity contribution >= 4 is 17.4 Å². The molecular formula is C18H27N3O2S. The minimum Gasteiger partial charge on any atom is -0.383 e. The van der Waals surface area contributed by atoms with Crippen molar-refractivity contribution in [3.05, 3.63) is 15.9 Å². The number of methoxy groups -OCH3 is 1. The SMILES string of the molecule is COCCn1cc(C)s/c1=N\C(=O)NC1C2CC3CC(C2)CC1C3. The number of hydrogen-bond donors (Lipinski definition) is 1. The molecular weight excluding hydrogens is 322 g/mol. The number of ether oxygens (including phenoxy) is 1. The van der Waals surface area contributed by atoms with Crippen molar-refractivity contribution in [2.45, 2.75) is 51.6 Å². The summed E-state index contributed by atoms with van der Waals surface area (Å²) in [4.78, 5) is 18.8. The monoisotopic (exact) mass is 349 g/mol. The van der Waals surface area contributed by atoms with Gasteiger partial charge in [0.25, 0.3) is 0 Å². The summed E-state index contributed by atoms with van der Waals surface area (Å²) in [5, 5.41) is 3.26. The molecule has 1 aromatic heterocycles. The first-order valence-corrected chi connectivity index (χ1v) is 9.95. The lowest BCUT2D eigenvalue weighted by molar-refractivity contribution is -0.00904. The van der Waals surface area contributed by atoms with Crippen LogP contribution in [0.15, 0.2) is 11.2 Å². The Morgan fingerprint density at radius 1 is 1.29 bits per heavy atom. The van der Waals surface area contributed by atoms with Crippen LogP contribution in [-0.4, -0.2) is 30.4 Å². The molecule has 5 nitrogen and oxygen atoms in total. The molecule has 0 unspecified atom stereocenters. The van der Waals surface area contributed by atoms with E-state index in [2.05, 4.69) is 10.3 Å².